The van der Waals surface area contributed by atoms with Crippen molar-refractivity contribution in [2.75, 3.05) is 10.6 Å². The minimum atomic E-state index is -0.820. The number of carbonyl (C=O) groups is 3. The van der Waals surface area contributed by atoms with Gasteiger partial charge in [0.15, 0.2) is 5.76 Å². The number of anilines is 2. The third-order valence-electron chi connectivity index (χ3n) is 4.38. The molecule has 0 radical (unpaired) electrons. The second-order valence-corrected chi connectivity index (χ2v) is 6.66. The van der Waals surface area contributed by atoms with E-state index in [2.05, 4.69) is 16.0 Å². The van der Waals surface area contributed by atoms with E-state index in [0.717, 1.165) is 5.56 Å². The van der Waals surface area contributed by atoms with Crippen molar-refractivity contribution in [2.45, 2.75) is 25.8 Å². The monoisotopic (exact) mass is 405 g/mol. The zero-order valence-corrected chi connectivity index (χ0v) is 16.6. The Labute approximate surface area is 174 Å². The molecule has 2 aromatic carbocycles. The SMILES string of the molecule is CCC(=O)Nc1cccc(NC(=O)C(Cc2ccccc2)NC(=O)c2ccco2)c1. The minimum Gasteiger partial charge on any atom is -0.459 e. The van der Waals surface area contributed by atoms with Crippen molar-refractivity contribution < 1.29 is 18.8 Å². The normalized spacial score (nSPS) is 11.4. The van der Waals surface area contributed by atoms with Gasteiger partial charge >= 0.3 is 0 Å². The number of rotatable bonds is 8. The summed E-state index contributed by atoms with van der Waals surface area (Å²) >= 11 is 0. The molecular formula is C23H23N3O4. The largest absolute Gasteiger partial charge is 0.459 e. The van der Waals surface area contributed by atoms with Crippen LogP contribution >= 0.6 is 0 Å². The molecule has 0 saturated carbocycles. The number of benzene rings is 2. The number of carbonyl (C=O) groups excluding carboxylic acids is 3. The average Bonchev–Trinajstić information content (AvgIpc) is 3.29. The highest BCUT2D eigenvalue weighted by Crippen LogP contribution is 2.16. The highest BCUT2D eigenvalue weighted by Gasteiger charge is 2.23. The van der Waals surface area contributed by atoms with Crippen molar-refractivity contribution in [3.63, 3.8) is 0 Å². The van der Waals surface area contributed by atoms with Crippen molar-refractivity contribution >= 4 is 29.1 Å². The molecule has 0 aliphatic rings. The predicted octanol–water partition coefficient (Wildman–Crippen LogP) is 3.61. The number of amides is 3. The average molecular weight is 405 g/mol. The van der Waals surface area contributed by atoms with E-state index in [0.29, 0.717) is 24.2 Å². The van der Waals surface area contributed by atoms with Crippen LogP contribution in [0.2, 0.25) is 0 Å². The summed E-state index contributed by atoms with van der Waals surface area (Å²) in [4.78, 5) is 37.0. The van der Waals surface area contributed by atoms with Crippen molar-refractivity contribution in [3.8, 4) is 0 Å². The standard InChI is InChI=1S/C23H23N3O4/c1-2-21(27)24-17-10-6-11-18(15-17)25-22(28)19(14-16-8-4-3-5-9-16)26-23(29)20-12-7-13-30-20/h3-13,15,19H,2,14H2,1H3,(H,24,27)(H,25,28)(H,26,29). The fourth-order valence-electron chi connectivity index (χ4n) is 2.85. The number of furan rings is 1. The summed E-state index contributed by atoms with van der Waals surface area (Å²) < 4.78 is 5.12. The summed E-state index contributed by atoms with van der Waals surface area (Å²) in [5.41, 5.74) is 2.00. The second kappa shape index (κ2) is 10.1. The van der Waals surface area contributed by atoms with Gasteiger partial charge in [0.05, 0.1) is 6.26 Å². The van der Waals surface area contributed by atoms with Gasteiger partial charge in [-0.05, 0) is 35.9 Å². The summed E-state index contributed by atoms with van der Waals surface area (Å²) in [7, 11) is 0. The van der Waals surface area contributed by atoms with Crippen LogP contribution < -0.4 is 16.0 Å². The van der Waals surface area contributed by atoms with Gasteiger partial charge in [0.2, 0.25) is 11.8 Å². The first-order chi connectivity index (χ1) is 14.5. The van der Waals surface area contributed by atoms with Gasteiger partial charge in [-0.15, -0.1) is 0 Å². The number of hydrogen-bond donors (Lipinski definition) is 3. The lowest BCUT2D eigenvalue weighted by atomic mass is 10.0. The van der Waals surface area contributed by atoms with Crippen LogP contribution in [-0.2, 0) is 16.0 Å². The Hall–Kier alpha value is -3.87. The molecule has 1 atom stereocenters. The zero-order valence-electron chi connectivity index (χ0n) is 16.6. The molecule has 3 rings (SSSR count). The maximum absolute atomic E-state index is 13.0. The topological polar surface area (TPSA) is 100 Å². The molecule has 154 valence electrons. The molecule has 0 fully saturated rings. The lowest BCUT2D eigenvalue weighted by Crippen LogP contribution is -2.45. The summed E-state index contributed by atoms with van der Waals surface area (Å²) in [6.45, 7) is 1.76. The molecule has 0 aliphatic carbocycles. The molecule has 7 nitrogen and oxygen atoms in total. The maximum atomic E-state index is 13.0. The molecule has 3 aromatic rings. The van der Waals surface area contributed by atoms with E-state index in [1.807, 2.05) is 30.3 Å². The van der Waals surface area contributed by atoms with Gasteiger partial charge in [0.1, 0.15) is 6.04 Å². The van der Waals surface area contributed by atoms with E-state index >= 15 is 0 Å². The molecule has 30 heavy (non-hydrogen) atoms. The van der Waals surface area contributed by atoms with Gasteiger partial charge in [-0.2, -0.15) is 0 Å². The third kappa shape index (κ3) is 5.81. The lowest BCUT2D eigenvalue weighted by molar-refractivity contribution is -0.118. The van der Waals surface area contributed by atoms with Gasteiger partial charge in [0, 0.05) is 24.2 Å². The second-order valence-electron chi connectivity index (χ2n) is 6.66. The van der Waals surface area contributed by atoms with Gasteiger partial charge in [-0.1, -0.05) is 43.3 Å². The summed E-state index contributed by atoms with van der Waals surface area (Å²) in [6.07, 6.45) is 2.07. The van der Waals surface area contributed by atoms with Crippen molar-refractivity contribution in [1.29, 1.82) is 0 Å². The first-order valence-electron chi connectivity index (χ1n) is 9.64. The van der Waals surface area contributed by atoms with Crippen LogP contribution in [0.25, 0.3) is 0 Å². The van der Waals surface area contributed by atoms with Crippen LogP contribution in [0, 0.1) is 0 Å². The molecule has 3 N–H and O–H groups in total. The van der Waals surface area contributed by atoms with Crippen LogP contribution in [0.1, 0.15) is 29.5 Å². The zero-order chi connectivity index (χ0) is 21.3. The Balaban J connectivity index is 1.75. The van der Waals surface area contributed by atoms with E-state index in [1.165, 1.54) is 12.3 Å². The molecule has 0 bridgehead atoms. The van der Waals surface area contributed by atoms with Gasteiger partial charge in [0.25, 0.3) is 5.91 Å². The van der Waals surface area contributed by atoms with E-state index in [4.69, 9.17) is 4.42 Å². The first-order valence-corrected chi connectivity index (χ1v) is 9.64. The van der Waals surface area contributed by atoms with E-state index in [1.54, 1.807) is 37.3 Å². The molecule has 1 unspecified atom stereocenters. The molecule has 1 aromatic heterocycles. The molecule has 0 spiro atoms. The van der Waals surface area contributed by atoms with E-state index in [-0.39, 0.29) is 17.6 Å². The molecule has 1 heterocycles. The van der Waals surface area contributed by atoms with Crippen LogP contribution in [-0.4, -0.2) is 23.8 Å². The molecule has 0 saturated heterocycles. The molecule has 3 amide bonds. The minimum absolute atomic E-state index is 0.119. The third-order valence-corrected chi connectivity index (χ3v) is 4.38. The van der Waals surface area contributed by atoms with E-state index in [9.17, 15) is 14.4 Å². The van der Waals surface area contributed by atoms with Gasteiger partial charge < -0.3 is 20.4 Å². The highest BCUT2D eigenvalue weighted by atomic mass is 16.3. The smallest absolute Gasteiger partial charge is 0.287 e. The lowest BCUT2D eigenvalue weighted by Gasteiger charge is -2.18. The van der Waals surface area contributed by atoms with Gasteiger partial charge in [-0.3, -0.25) is 14.4 Å². The van der Waals surface area contributed by atoms with Crippen LogP contribution in [0.3, 0.4) is 0 Å². The number of hydrogen-bond acceptors (Lipinski definition) is 4. The summed E-state index contributed by atoms with van der Waals surface area (Å²) in [5.74, 6) is -0.839. The van der Waals surface area contributed by atoms with Crippen LogP contribution in [0.5, 0.6) is 0 Å². The molecular weight excluding hydrogens is 382 g/mol. The predicted molar refractivity (Wildman–Crippen MR) is 114 cm³/mol. The van der Waals surface area contributed by atoms with Gasteiger partial charge in [-0.25, -0.2) is 0 Å². The fourth-order valence-corrected chi connectivity index (χ4v) is 2.85. The Morgan fingerprint density at radius 1 is 0.900 bits per heavy atom. The highest BCUT2D eigenvalue weighted by molar-refractivity contribution is 6.00. The van der Waals surface area contributed by atoms with Crippen LogP contribution in [0.4, 0.5) is 11.4 Å². The Morgan fingerprint density at radius 2 is 1.63 bits per heavy atom. The van der Waals surface area contributed by atoms with Crippen LogP contribution in [0.15, 0.2) is 77.4 Å². The van der Waals surface area contributed by atoms with Crippen molar-refractivity contribution in [3.05, 3.63) is 84.3 Å². The maximum Gasteiger partial charge on any atom is 0.287 e. The van der Waals surface area contributed by atoms with Crippen molar-refractivity contribution in [1.82, 2.24) is 5.32 Å². The summed E-state index contributed by atoms with van der Waals surface area (Å²) in [5, 5.41) is 8.29. The quantitative estimate of drug-likeness (QED) is 0.533. The first kappa shape index (κ1) is 20.9. The molecule has 7 heteroatoms. The summed E-state index contributed by atoms with van der Waals surface area (Å²) in [6, 6.07) is 18.6. The van der Waals surface area contributed by atoms with Crippen molar-refractivity contribution in [2.24, 2.45) is 0 Å². The number of nitrogens with one attached hydrogen (secondary N) is 3. The fraction of sp³-hybridized carbons (Fsp3) is 0.174. The Bertz CT molecular complexity index is 1000. The Kier molecular flexibility index (Phi) is 7.00. The van der Waals surface area contributed by atoms with E-state index < -0.39 is 11.9 Å². The molecule has 0 aliphatic heterocycles. The Morgan fingerprint density at radius 3 is 2.30 bits per heavy atom.